The van der Waals surface area contributed by atoms with Gasteiger partial charge < -0.3 is 9.67 Å². The van der Waals surface area contributed by atoms with Gasteiger partial charge in [0.2, 0.25) is 0 Å². The lowest BCUT2D eigenvalue weighted by molar-refractivity contribution is 0.297. The Kier molecular flexibility index (Phi) is 2.87. The molecule has 0 fully saturated rings. The lowest BCUT2D eigenvalue weighted by atomic mass is 10.1. The predicted molar refractivity (Wildman–Crippen MR) is 55.3 cm³/mol. The number of fused-ring (bicyclic) bond motifs is 1. The van der Waals surface area contributed by atoms with Gasteiger partial charge in [0.05, 0.1) is 5.69 Å². The highest BCUT2D eigenvalue weighted by Crippen LogP contribution is 2.21. The first-order valence-corrected chi connectivity index (χ1v) is 5.54. The van der Waals surface area contributed by atoms with E-state index in [4.69, 9.17) is 5.11 Å². The summed E-state index contributed by atoms with van der Waals surface area (Å²) in [4.78, 5) is 4.60. The Bertz CT molecular complexity index is 317. The molecular formula is C11H18N2O. The first-order valence-electron chi connectivity index (χ1n) is 5.54. The van der Waals surface area contributed by atoms with Crippen LogP contribution in [0.25, 0.3) is 0 Å². The van der Waals surface area contributed by atoms with Crippen molar-refractivity contribution in [3.05, 3.63) is 17.2 Å². The smallest absolute Gasteiger partial charge is 0.108 e. The number of hydrogen-bond donors (Lipinski definition) is 1. The van der Waals surface area contributed by atoms with Crippen LogP contribution in [0.2, 0.25) is 0 Å². The standard InChI is InChI=1S/C11H18N2O/c1-2-11-12-9(6-8-14)10-5-3-4-7-13(10)11/h14H,2-8H2,1H3. The Morgan fingerprint density at radius 2 is 2.29 bits per heavy atom. The van der Waals surface area contributed by atoms with Crippen LogP contribution in [0.1, 0.15) is 37.0 Å². The van der Waals surface area contributed by atoms with E-state index in [1.165, 1.54) is 24.4 Å². The third-order valence-corrected chi connectivity index (χ3v) is 2.94. The van der Waals surface area contributed by atoms with E-state index in [0.717, 1.165) is 31.5 Å². The van der Waals surface area contributed by atoms with E-state index in [2.05, 4.69) is 16.5 Å². The molecular weight excluding hydrogens is 176 g/mol. The molecule has 0 radical (unpaired) electrons. The molecule has 0 amide bonds. The summed E-state index contributed by atoms with van der Waals surface area (Å²) in [5.41, 5.74) is 2.51. The van der Waals surface area contributed by atoms with Gasteiger partial charge in [-0.1, -0.05) is 6.92 Å². The summed E-state index contributed by atoms with van der Waals surface area (Å²) in [5, 5.41) is 8.95. The maximum Gasteiger partial charge on any atom is 0.108 e. The van der Waals surface area contributed by atoms with Gasteiger partial charge in [0.25, 0.3) is 0 Å². The molecule has 0 atom stereocenters. The molecule has 0 saturated carbocycles. The molecule has 1 aromatic rings. The molecule has 1 aliphatic heterocycles. The van der Waals surface area contributed by atoms with E-state index >= 15 is 0 Å². The third-order valence-electron chi connectivity index (χ3n) is 2.94. The fourth-order valence-corrected chi connectivity index (χ4v) is 2.27. The molecule has 2 heterocycles. The summed E-state index contributed by atoms with van der Waals surface area (Å²) >= 11 is 0. The summed E-state index contributed by atoms with van der Waals surface area (Å²) in [6.07, 6.45) is 5.40. The molecule has 14 heavy (non-hydrogen) atoms. The number of aliphatic hydroxyl groups excluding tert-OH is 1. The summed E-state index contributed by atoms with van der Waals surface area (Å²) in [7, 11) is 0. The number of imidazole rings is 1. The van der Waals surface area contributed by atoms with Crippen LogP contribution < -0.4 is 0 Å². The number of aryl methyl sites for hydroxylation is 1. The van der Waals surface area contributed by atoms with Crippen molar-refractivity contribution in [3.63, 3.8) is 0 Å². The SMILES string of the molecule is CCc1nc(CCO)c2n1CCCC2. The molecule has 0 aliphatic carbocycles. The predicted octanol–water partition coefficient (Wildman–Crippen LogP) is 1.32. The summed E-state index contributed by atoms with van der Waals surface area (Å²) < 4.78 is 2.36. The molecule has 1 aromatic heterocycles. The van der Waals surface area contributed by atoms with Crippen LogP contribution in [0.4, 0.5) is 0 Å². The van der Waals surface area contributed by atoms with E-state index in [0.29, 0.717) is 0 Å². The van der Waals surface area contributed by atoms with Crippen LogP contribution in [0.5, 0.6) is 0 Å². The van der Waals surface area contributed by atoms with Crippen LogP contribution in [-0.4, -0.2) is 21.3 Å². The number of nitrogens with zero attached hydrogens (tertiary/aromatic N) is 2. The second-order valence-electron chi connectivity index (χ2n) is 3.86. The molecule has 1 aliphatic rings. The van der Waals surface area contributed by atoms with Crippen LogP contribution in [0, 0.1) is 0 Å². The quantitative estimate of drug-likeness (QED) is 0.788. The maximum atomic E-state index is 8.95. The molecule has 0 bridgehead atoms. The second kappa shape index (κ2) is 4.13. The molecule has 0 spiro atoms. The molecule has 78 valence electrons. The van der Waals surface area contributed by atoms with Crippen molar-refractivity contribution < 1.29 is 5.11 Å². The average molecular weight is 194 g/mol. The van der Waals surface area contributed by atoms with Crippen LogP contribution in [-0.2, 0) is 25.8 Å². The van der Waals surface area contributed by atoms with Crippen molar-refractivity contribution in [2.75, 3.05) is 6.61 Å². The monoisotopic (exact) mass is 194 g/mol. The van der Waals surface area contributed by atoms with Crippen LogP contribution >= 0.6 is 0 Å². The van der Waals surface area contributed by atoms with Gasteiger partial charge in [0, 0.05) is 31.7 Å². The minimum atomic E-state index is 0.215. The fraction of sp³-hybridized carbons (Fsp3) is 0.727. The number of hydrogen-bond acceptors (Lipinski definition) is 2. The van der Waals surface area contributed by atoms with Crippen molar-refractivity contribution in [2.24, 2.45) is 0 Å². The van der Waals surface area contributed by atoms with Gasteiger partial charge in [-0.15, -0.1) is 0 Å². The van der Waals surface area contributed by atoms with Crippen molar-refractivity contribution in [2.45, 2.75) is 45.6 Å². The Balaban J connectivity index is 2.36. The van der Waals surface area contributed by atoms with Gasteiger partial charge in [0.15, 0.2) is 0 Å². The van der Waals surface area contributed by atoms with Gasteiger partial charge >= 0.3 is 0 Å². The van der Waals surface area contributed by atoms with Gasteiger partial charge in [0.1, 0.15) is 5.82 Å². The minimum Gasteiger partial charge on any atom is -0.396 e. The summed E-state index contributed by atoms with van der Waals surface area (Å²) in [6, 6.07) is 0. The zero-order valence-electron chi connectivity index (χ0n) is 8.79. The van der Waals surface area contributed by atoms with Crippen molar-refractivity contribution >= 4 is 0 Å². The minimum absolute atomic E-state index is 0.215. The summed E-state index contributed by atoms with van der Waals surface area (Å²) in [5.74, 6) is 1.20. The van der Waals surface area contributed by atoms with Gasteiger partial charge in [-0.05, 0) is 19.3 Å². The van der Waals surface area contributed by atoms with Gasteiger partial charge in [-0.25, -0.2) is 4.98 Å². The second-order valence-corrected chi connectivity index (χ2v) is 3.86. The van der Waals surface area contributed by atoms with Crippen molar-refractivity contribution in [1.82, 2.24) is 9.55 Å². The normalized spacial score (nSPS) is 15.6. The molecule has 0 unspecified atom stereocenters. The summed E-state index contributed by atoms with van der Waals surface area (Å²) in [6.45, 7) is 3.48. The molecule has 0 saturated heterocycles. The van der Waals surface area contributed by atoms with E-state index < -0.39 is 0 Å². The topological polar surface area (TPSA) is 38.1 Å². The first-order chi connectivity index (χ1) is 6.86. The highest BCUT2D eigenvalue weighted by atomic mass is 16.3. The zero-order chi connectivity index (χ0) is 9.97. The number of rotatable bonds is 3. The number of aliphatic hydroxyl groups is 1. The maximum absolute atomic E-state index is 8.95. The molecule has 3 nitrogen and oxygen atoms in total. The molecule has 3 heteroatoms. The first kappa shape index (κ1) is 9.71. The van der Waals surface area contributed by atoms with Gasteiger partial charge in [-0.3, -0.25) is 0 Å². The lowest BCUT2D eigenvalue weighted by Gasteiger charge is -2.16. The molecule has 0 aromatic carbocycles. The van der Waals surface area contributed by atoms with Crippen LogP contribution in [0.15, 0.2) is 0 Å². The Morgan fingerprint density at radius 3 is 3.00 bits per heavy atom. The van der Waals surface area contributed by atoms with Gasteiger partial charge in [-0.2, -0.15) is 0 Å². The lowest BCUT2D eigenvalue weighted by Crippen LogP contribution is -2.13. The average Bonchev–Trinajstić information content (AvgIpc) is 2.58. The van der Waals surface area contributed by atoms with E-state index in [9.17, 15) is 0 Å². The Morgan fingerprint density at radius 1 is 1.43 bits per heavy atom. The highest BCUT2D eigenvalue weighted by molar-refractivity contribution is 5.19. The number of aromatic nitrogens is 2. The Hall–Kier alpha value is -0.830. The highest BCUT2D eigenvalue weighted by Gasteiger charge is 2.17. The third kappa shape index (κ3) is 1.57. The fourth-order valence-electron chi connectivity index (χ4n) is 2.27. The van der Waals surface area contributed by atoms with E-state index in [1.807, 2.05) is 0 Å². The van der Waals surface area contributed by atoms with Crippen LogP contribution in [0.3, 0.4) is 0 Å². The molecule has 2 rings (SSSR count). The van der Waals surface area contributed by atoms with Crippen molar-refractivity contribution in [1.29, 1.82) is 0 Å². The van der Waals surface area contributed by atoms with E-state index in [-0.39, 0.29) is 6.61 Å². The Labute approximate surface area is 84.8 Å². The van der Waals surface area contributed by atoms with Crippen molar-refractivity contribution in [3.8, 4) is 0 Å². The van der Waals surface area contributed by atoms with E-state index in [1.54, 1.807) is 0 Å². The largest absolute Gasteiger partial charge is 0.396 e. The molecule has 1 N–H and O–H groups in total. The zero-order valence-corrected chi connectivity index (χ0v) is 8.79.